The molecule has 1 aromatic heterocycles. The van der Waals surface area contributed by atoms with Gasteiger partial charge in [-0.05, 0) is 25.0 Å². The SMILES string of the molecule is Cc1nc(C#Cc2c(F)ccc(N)c2F)cnc1N. The standard InChI is InChI=1S/C13H10F2N4/c1-7-13(17)18-6-8(19-7)2-3-9-10(14)4-5-11(16)12(9)15/h4-6H,16H2,1H3,(H2,17,18). The number of benzene rings is 1. The highest BCUT2D eigenvalue weighted by Crippen LogP contribution is 2.17. The Kier molecular flexibility index (Phi) is 3.29. The lowest BCUT2D eigenvalue weighted by Crippen LogP contribution is -1.99. The number of anilines is 2. The van der Waals surface area contributed by atoms with Crippen molar-refractivity contribution >= 4 is 11.5 Å². The van der Waals surface area contributed by atoms with E-state index in [1.807, 2.05) is 0 Å². The van der Waals surface area contributed by atoms with Gasteiger partial charge in [0.25, 0.3) is 0 Å². The van der Waals surface area contributed by atoms with Crippen molar-refractivity contribution in [3.8, 4) is 11.8 Å². The summed E-state index contributed by atoms with van der Waals surface area (Å²) in [6, 6.07) is 2.20. The van der Waals surface area contributed by atoms with Crippen molar-refractivity contribution in [1.29, 1.82) is 0 Å². The summed E-state index contributed by atoms with van der Waals surface area (Å²) in [5.41, 5.74) is 11.1. The first kappa shape index (κ1) is 12.8. The number of nitrogens with zero attached hydrogens (tertiary/aromatic N) is 2. The van der Waals surface area contributed by atoms with Crippen molar-refractivity contribution in [1.82, 2.24) is 9.97 Å². The van der Waals surface area contributed by atoms with E-state index in [0.29, 0.717) is 5.69 Å². The molecule has 0 amide bonds. The van der Waals surface area contributed by atoms with Crippen LogP contribution in [0.5, 0.6) is 0 Å². The summed E-state index contributed by atoms with van der Waals surface area (Å²) in [5.74, 6) is 3.51. The predicted octanol–water partition coefficient (Wildman–Crippen LogP) is 1.63. The summed E-state index contributed by atoms with van der Waals surface area (Å²) in [7, 11) is 0. The third-order valence-electron chi connectivity index (χ3n) is 2.42. The summed E-state index contributed by atoms with van der Waals surface area (Å²) in [6.45, 7) is 1.66. The molecule has 0 atom stereocenters. The molecule has 0 radical (unpaired) electrons. The van der Waals surface area contributed by atoms with Crippen molar-refractivity contribution < 1.29 is 8.78 Å². The molecule has 0 aliphatic carbocycles. The zero-order valence-corrected chi connectivity index (χ0v) is 10.0. The van der Waals surface area contributed by atoms with E-state index in [0.717, 1.165) is 12.1 Å². The Labute approximate surface area is 108 Å². The molecule has 1 aromatic carbocycles. The molecule has 0 fully saturated rings. The van der Waals surface area contributed by atoms with Gasteiger partial charge in [0.2, 0.25) is 0 Å². The molecular formula is C13H10F2N4. The molecule has 2 rings (SSSR count). The van der Waals surface area contributed by atoms with E-state index in [4.69, 9.17) is 11.5 Å². The zero-order chi connectivity index (χ0) is 14.0. The molecule has 0 unspecified atom stereocenters. The van der Waals surface area contributed by atoms with Crippen LogP contribution in [0.25, 0.3) is 0 Å². The van der Waals surface area contributed by atoms with Crippen molar-refractivity contribution in [2.75, 3.05) is 11.5 Å². The van der Waals surface area contributed by atoms with Crippen molar-refractivity contribution in [2.45, 2.75) is 6.92 Å². The number of nitrogens with two attached hydrogens (primary N) is 2. The van der Waals surface area contributed by atoms with Gasteiger partial charge in [-0.15, -0.1) is 0 Å². The lowest BCUT2D eigenvalue weighted by atomic mass is 10.1. The number of hydrogen-bond donors (Lipinski definition) is 2. The van der Waals surface area contributed by atoms with Crippen LogP contribution in [-0.2, 0) is 0 Å². The minimum absolute atomic E-state index is 0.162. The van der Waals surface area contributed by atoms with Gasteiger partial charge in [-0.1, -0.05) is 5.92 Å². The second-order valence-electron chi connectivity index (χ2n) is 3.80. The first-order valence-electron chi connectivity index (χ1n) is 5.33. The van der Waals surface area contributed by atoms with Gasteiger partial charge in [-0.2, -0.15) is 0 Å². The van der Waals surface area contributed by atoms with E-state index < -0.39 is 17.2 Å². The van der Waals surface area contributed by atoms with Crippen LogP contribution in [0.15, 0.2) is 18.3 Å². The van der Waals surface area contributed by atoms with E-state index in [1.54, 1.807) is 6.92 Å². The van der Waals surface area contributed by atoms with Crippen LogP contribution in [0, 0.1) is 30.4 Å². The Morgan fingerprint density at radius 1 is 1.16 bits per heavy atom. The predicted molar refractivity (Wildman–Crippen MR) is 67.9 cm³/mol. The third-order valence-corrected chi connectivity index (χ3v) is 2.42. The molecule has 0 bridgehead atoms. The summed E-state index contributed by atoms with van der Waals surface area (Å²) in [4.78, 5) is 7.89. The second kappa shape index (κ2) is 4.90. The van der Waals surface area contributed by atoms with E-state index in [9.17, 15) is 8.78 Å². The molecular weight excluding hydrogens is 250 g/mol. The van der Waals surface area contributed by atoms with Crippen LogP contribution >= 0.6 is 0 Å². The van der Waals surface area contributed by atoms with Crippen LogP contribution in [-0.4, -0.2) is 9.97 Å². The lowest BCUT2D eigenvalue weighted by Gasteiger charge is -2.00. The number of hydrogen-bond acceptors (Lipinski definition) is 4. The Morgan fingerprint density at radius 3 is 2.58 bits per heavy atom. The van der Waals surface area contributed by atoms with Crippen molar-refractivity contribution in [2.24, 2.45) is 0 Å². The van der Waals surface area contributed by atoms with Crippen LogP contribution in [0.4, 0.5) is 20.3 Å². The zero-order valence-electron chi connectivity index (χ0n) is 10.0. The van der Waals surface area contributed by atoms with E-state index in [2.05, 4.69) is 21.8 Å². The molecule has 19 heavy (non-hydrogen) atoms. The van der Waals surface area contributed by atoms with Crippen LogP contribution in [0.1, 0.15) is 17.0 Å². The summed E-state index contributed by atoms with van der Waals surface area (Å²) < 4.78 is 27.0. The Hall–Kier alpha value is -2.68. The highest BCUT2D eigenvalue weighted by atomic mass is 19.1. The highest BCUT2D eigenvalue weighted by Gasteiger charge is 2.09. The van der Waals surface area contributed by atoms with Gasteiger partial charge in [-0.25, -0.2) is 18.7 Å². The minimum atomic E-state index is -0.882. The number of halogens is 2. The monoisotopic (exact) mass is 260 g/mol. The molecule has 2 aromatic rings. The van der Waals surface area contributed by atoms with Gasteiger partial charge in [0.1, 0.15) is 17.3 Å². The molecule has 96 valence electrons. The molecule has 0 spiro atoms. The lowest BCUT2D eigenvalue weighted by molar-refractivity contribution is 0.580. The molecule has 4 N–H and O–H groups in total. The average Bonchev–Trinajstić information content (AvgIpc) is 2.38. The normalized spacial score (nSPS) is 9.84. The first-order valence-corrected chi connectivity index (χ1v) is 5.33. The first-order chi connectivity index (χ1) is 8.99. The molecule has 0 aliphatic heterocycles. The van der Waals surface area contributed by atoms with E-state index in [1.165, 1.54) is 6.20 Å². The maximum atomic E-state index is 13.6. The topological polar surface area (TPSA) is 77.8 Å². The van der Waals surface area contributed by atoms with Gasteiger partial charge in [0, 0.05) is 0 Å². The summed E-state index contributed by atoms with van der Waals surface area (Å²) >= 11 is 0. The number of aromatic nitrogens is 2. The van der Waals surface area contributed by atoms with Gasteiger partial charge in [-0.3, -0.25) is 0 Å². The minimum Gasteiger partial charge on any atom is -0.396 e. The average molecular weight is 260 g/mol. The fourth-order valence-electron chi connectivity index (χ4n) is 1.36. The fraction of sp³-hybridized carbons (Fsp3) is 0.0769. The Balaban J connectivity index is 2.45. The van der Waals surface area contributed by atoms with Crippen molar-refractivity contribution in [3.05, 3.63) is 46.9 Å². The van der Waals surface area contributed by atoms with Gasteiger partial charge in [0.05, 0.1) is 23.1 Å². The molecule has 0 saturated carbocycles. The third kappa shape index (κ3) is 2.60. The maximum Gasteiger partial charge on any atom is 0.164 e. The van der Waals surface area contributed by atoms with E-state index in [-0.39, 0.29) is 17.2 Å². The molecule has 6 heteroatoms. The smallest absolute Gasteiger partial charge is 0.164 e. The summed E-state index contributed by atoms with van der Waals surface area (Å²) in [6.07, 6.45) is 1.33. The largest absolute Gasteiger partial charge is 0.396 e. The van der Waals surface area contributed by atoms with Gasteiger partial charge >= 0.3 is 0 Å². The second-order valence-corrected chi connectivity index (χ2v) is 3.80. The molecule has 1 heterocycles. The van der Waals surface area contributed by atoms with Crippen molar-refractivity contribution in [3.63, 3.8) is 0 Å². The Morgan fingerprint density at radius 2 is 1.89 bits per heavy atom. The Bertz CT molecular complexity index is 702. The van der Waals surface area contributed by atoms with Gasteiger partial charge in [0.15, 0.2) is 5.82 Å². The van der Waals surface area contributed by atoms with Crippen LogP contribution < -0.4 is 11.5 Å². The molecule has 0 saturated heterocycles. The molecule has 4 nitrogen and oxygen atoms in total. The van der Waals surface area contributed by atoms with Crippen LogP contribution in [0.2, 0.25) is 0 Å². The number of nitrogen functional groups attached to an aromatic ring is 2. The van der Waals surface area contributed by atoms with E-state index >= 15 is 0 Å². The number of aryl methyl sites for hydroxylation is 1. The number of rotatable bonds is 0. The summed E-state index contributed by atoms with van der Waals surface area (Å²) in [5, 5.41) is 0. The quantitative estimate of drug-likeness (QED) is 0.557. The fourth-order valence-corrected chi connectivity index (χ4v) is 1.36. The molecule has 0 aliphatic rings. The maximum absolute atomic E-state index is 13.6. The van der Waals surface area contributed by atoms with Gasteiger partial charge < -0.3 is 11.5 Å². The van der Waals surface area contributed by atoms with Crippen LogP contribution in [0.3, 0.4) is 0 Å². The highest BCUT2D eigenvalue weighted by molar-refractivity contribution is 5.51.